The van der Waals surface area contributed by atoms with Crippen molar-refractivity contribution in [1.29, 1.82) is 0 Å². The van der Waals surface area contributed by atoms with Gasteiger partial charge in [0, 0.05) is 74.2 Å². The van der Waals surface area contributed by atoms with Gasteiger partial charge in [0.25, 0.3) is 11.6 Å². The van der Waals surface area contributed by atoms with E-state index in [0.29, 0.717) is 54.7 Å². The Balaban J connectivity index is 0.000000246. The van der Waals surface area contributed by atoms with E-state index in [4.69, 9.17) is 15.2 Å². The molecule has 3 heterocycles. The second-order valence-electron chi connectivity index (χ2n) is 17.9. The van der Waals surface area contributed by atoms with Gasteiger partial charge in [0.15, 0.2) is 11.0 Å². The van der Waals surface area contributed by atoms with Crippen molar-refractivity contribution >= 4 is 45.0 Å². The molecular weight excluding hydrogens is 833 g/mol. The predicted molar refractivity (Wildman–Crippen MR) is 240 cm³/mol. The zero-order valence-electron chi connectivity index (χ0n) is 36.0. The first-order valence-corrected chi connectivity index (χ1v) is 23.1. The van der Waals surface area contributed by atoms with Gasteiger partial charge in [-0.2, -0.15) is 0 Å². The number of hydrogen-bond donors (Lipinski definition) is 4. The number of alkyl halides is 2. The summed E-state index contributed by atoms with van der Waals surface area (Å²) >= 11 is 0. The van der Waals surface area contributed by atoms with E-state index in [9.17, 15) is 27.9 Å². The van der Waals surface area contributed by atoms with Crippen LogP contribution < -0.4 is 25.4 Å². The minimum atomic E-state index is -2.11. The number of allylic oxidation sites excluding steroid dienone is 1. The molecule has 14 nitrogen and oxygen atoms in total. The lowest BCUT2D eigenvalue weighted by Gasteiger charge is -2.72. The summed E-state index contributed by atoms with van der Waals surface area (Å²) < 4.78 is 53.2. The number of hydrogen-bond acceptors (Lipinski definition) is 10. The highest BCUT2D eigenvalue weighted by atomic mass is 32.2. The number of fused-ring (bicyclic) bond motifs is 1. The summed E-state index contributed by atoms with van der Waals surface area (Å²) in [5.74, 6) is 0.388. The van der Waals surface area contributed by atoms with Crippen molar-refractivity contribution in [2.45, 2.75) is 95.8 Å². The van der Waals surface area contributed by atoms with Crippen LogP contribution in [0.4, 0.5) is 25.8 Å². The quantitative estimate of drug-likeness (QED) is 0.0507. The van der Waals surface area contributed by atoms with E-state index in [-0.39, 0.29) is 32.8 Å². The minimum absolute atomic E-state index is 0. The third kappa shape index (κ3) is 9.33. The molecule has 6 aliphatic rings. The number of nitrogens with zero attached hydrogens (tertiary/aromatic N) is 3. The molecule has 4 saturated carbocycles. The molecular formula is C46H59F2N7O7S. The van der Waals surface area contributed by atoms with Gasteiger partial charge in [0.05, 0.1) is 21.6 Å². The smallest absolute Gasteiger partial charge is 0.293 e. The van der Waals surface area contributed by atoms with Gasteiger partial charge in [-0.25, -0.2) is 18.0 Å². The molecule has 1 spiro atoms. The fourth-order valence-electron chi connectivity index (χ4n) is 10.5. The molecule has 5 fully saturated rings. The Labute approximate surface area is 368 Å². The van der Waals surface area contributed by atoms with Crippen molar-refractivity contribution in [1.82, 2.24) is 14.7 Å². The van der Waals surface area contributed by atoms with Gasteiger partial charge in [0.1, 0.15) is 22.8 Å². The number of anilines is 2. The van der Waals surface area contributed by atoms with E-state index < -0.39 is 33.7 Å². The lowest BCUT2D eigenvalue weighted by atomic mass is 9.31. The minimum Gasteiger partial charge on any atom is -0.455 e. The molecule has 2 bridgehead atoms. The van der Waals surface area contributed by atoms with Crippen molar-refractivity contribution < 1.29 is 37.7 Å². The van der Waals surface area contributed by atoms with Crippen LogP contribution in [0.5, 0.6) is 11.5 Å². The number of amides is 1. The third-order valence-electron chi connectivity index (χ3n) is 14.2. The highest BCUT2D eigenvalue weighted by molar-refractivity contribution is 7.83. The van der Waals surface area contributed by atoms with Crippen LogP contribution in [0.3, 0.4) is 0 Å². The molecule has 1 unspecified atom stereocenters. The molecule has 1 atom stereocenters. The topological polar surface area (TPSA) is 209 Å². The summed E-state index contributed by atoms with van der Waals surface area (Å²) in [5.41, 5.74) is 10.8. The Morgan fingerprint density at radius 1 is 1.10 bits per heavy atom. The average Bonchev–Trinajstić information content (AvgIpc) is 3.70. The highest BCUT2D eigenvalue weighted by Crippen LogP contribution is 2.80. The van der Waals surface area contributed by atoms with Gasteiger partial charge in [-0.15, -0.1) is 0 Å². The molecule has 0 radical (unpaired) electrons. The second-order valence-corrected chi connectivity index (χ2v) is 19.1. The summed E-state index contributed by atoms with van der Waals surface area (Å²) in [6.07, 6.45) is 12.9. The lowest BCUT2D eigenvalue weighted by molar-refractivity contribution is -0.384. The average molecular weight is 892 g/mol. The van der Waals surface area contributed by atoms with E-state index in [2.05, 4.69) is 24.9 Å². The maximum Gasteiger partial charge on any atom is 0.293 e. The zero-order valence-corrected chi connectivity index (χ0v) is 36.8. The van der Waals surface area contributed by atoms with Crippen molar-refractivity contribution in [3.63, 3.8) is 0 Å². The number of halogens is 2. The molecule has 17 heteroatoms. The summed E-state index contributed by atoms with van der Waals surface area (Å²) in [6.45, 7) is 8.14. The van der Waals surface area contributed by atoms with E-state index in [0.717, 1.165) is 62.7 Å². The van der Waals surface area contributed by atoms with E-state index in [1.165, 1.54) is 61.4 Å². The monoisotopic (exact) mass is 891 g/mol. The van der Waals surface area contributed by atoms with E-state index >= 15 is 0 Å². The Bertz CT molecular complexity index is 2340. The molecule has 5 aliphatic carbocycles. The fraction of sp³-hybridized carbons (Fsp3) is 0.522. The number of aromatic amines is 1. The SMILES string of the molecule is CCN(CC)c1ccc(C(=O)NS(=O)c2ccc(NCC3CCOCC3)c([N+](=O)[O-])c2)c(Oc2cnc3[nH]ccc3c2)c1.NCC1=C(C23CC(C(F)F)(C2)C3)CC2(CCC2)CC1.O. The molecule has 7 N–H and O–H groups in total. The molecule has 340 valence electrons. The number of aromatic nitrogens is 2. The van der Waals surface area contributed by atoms with Crippen LogP contribution in [0, 0.1) is 32.3 Å². The number of benzene rings is 2. The number of pyridine rings is 1. The van der Waals surface area contributed by atoms with Crippen molar-refractivity contribution in [3.8, 4) is 11.5 Å². The molecule has 1 aliphatic heterocycles. The number of rotatable bonds is 15. The largest absolute Gasteiger partial charge is 0.455 e. The molecule has 2 aromatic carbocycles. The molecule has 2 aromatic heterocycles. The molecule has 1 saturated heterocycles. The van der Waals surface area contributed by atoms with E-state index in [1.54, 1.807) is 36.7 Å². The van der Waals surface area contributed by atoms with Crippen LogP contribution in [0.2, 0.25) is 0 Å². The Morgan fingerprint density at radius 2 is 1.84 bits per heavy atom. The number of nitrogens with two attached hydrogens (primary N) is 1. The van der Waals surface area contributed by atoms with E-state index in [1.807, 2.05) is 19.9 Å². The van der Waals surface area contributed by atoms with Crippen molar-refractivity contribution in [2.24, 2.45) is 27.9 Å². The maximum atomic E-state index is 13.4. The van der Waals surface area contributed by atoms with Crippen LogP contribution in [0.15, 0.2) is 77.0 Å². The predicted octanol–water partition coefficient (Wildman–Crippen LogP) is 8.61. The van der Waals surface area contributed by atoms with Gasteiger partial charge >= 0.3 is 0 Å². The van der Waals surface area contributed by atoms with Crippen LogP contribution >= 0.6 is 0 Å². The first-order valence-electron chi connectivity index (χ1n) is 21.9. The van der Waals surface area contributed by atoms with Crippen LogP contribution in [0.1, 0.15) is 94.8 Å². The number of carbonyl (C=O) groups is 1. The summed E-state index contributed by atoms with van der Waals surface area (Å²) in [6, 6.07) is 13.1. The second kappa shape index (κ2) is 19.0. The standard InChI is InChI=1S/C30H34N6O6S.C16H23F2N.H2O/c1-3-35(4-2)22-5-7-25(28(16-22)42-23-15-21-9-12-31-29(21)33-19-23)30(37)34-43(40)24-6-8-26(27(17-24)36(38)39)32-18-20-10-13-41-14-11-20;17-13(18)16-8-15(9-16,10-16)12-6-14(3-1-4-14)5-2-11(12)7-19;/h5-9,12,15-17,19-20,32H,3-4,10-11,13-14,18H2,1-2H3,(H,31,33)(H,34,37);13H,1-10,19H2;1H2. The van der Waals surface area contributed by atoms with Gasteiger partial charge in [-0.1, -0.05) is 17.6 Å². The molecule has 4 aromatic rings. The van der Waals surface area contributed by atoms with Crippen LogP contribution in [-0.2, 0) is 15.7 Å². The molecule has 10 rings (SSSR count). The normalized spacial score (nSPS) is 22.7. The third-order valence-corrected chi connectivity index (χ3v) is 15.3. The van der Waals surface area contributed by atoms with Gasteiger partial charge in [0.2, 0.25) is 6.43 Å². The van der Waals surface area contributed by atoms with Gasteiger partial charge in [-0.3, -0.25) is 19.6 Å². The number of nitro benzene ring substituents is 1. The molecule has 1 amide bonds. The van der Waals surface area contributed by atoms with Gasteiger partial charge < -0.3 is 35.9 Å². The number of nitro groups is 1. The first kappa shape index (κ1) is 46.0. The van der Waals surface area contributed by atoms with Gasteiger partial charge in [-0.05, 0) is 131 Å². The number of carbonyl (C=O) groups excluding carboxylic acids is 1. The number of H-pyrrole nitrogens is 1. The fourth-order valence-corrected chi connectivity index (χ4v) is 11.3. The number of nitrogens with one attached hydrogen (secondary N) is 3. The summed E-state index contributed by atoms with van der Waals surface area (Å²) in [7, 11) is -2.07. The Kier molecular flexibility index (Phi) is 13.9. The zero-order chi connectivity index (χ0) is 43.6. The Morgan fingerprint density at radius 3 is 2.49 bits per heavy atom. The first-order chi connectivity index (χ1) is 29.9. The summed E-state index contributed by atoms with van der Waals surface area (Å²) in [4.78, 5) is 34.3. The Hall–Kier alpha value is -4.97. The van der Waals surface area contributed by atoms with Crippen molar-refractivity contribution in [2.75, 3.05) is 49.6 Å². The van der Waals surface area contributed by atoms with Crippen molar-refractivity contribution in [3.05, 3.63) is 87.7 Å². The lowest BCUT2D eigenvalue weighted by Crippen LogP contribution is -2.66. The number of ether oxygens (including phenoxy) is 2. The van der Waals surface area contributed by atoms with Crippen LogP contribution in [-0.4, -0.2) is 76.3 Å². The highest BCUT2D eigenvalue weighted by Gasteiger charge is 2.73. The summed E-state index contributed by atoms with van der Waals surface area (Å²) in [5, 5.41) is 15.8. The maximum absolute atomic E-state index is 13.4. The van der Waals surface area contributed by atoms with Crippen LogP contribution in [0.25, 0.3) is 11.0 Å². The molecule has 63 heavy (non-hydrogen) atoms.